The van der Waals surface area contributed by atoms with Crippen LogP contribution >= 0.6 is 11.6 Å². The number of hydrogen-bond acceptors (Lipinski definition) is 2. The van der Waals surface area contributed by atoms with Gasteiger partial charge in [0.25, 0.3) is 0 Å². The van der Waals surface area contributed by atoms with E-state index in [4.69, 9.17) is 11.6 Å². The van der Waals surface area contributed by atoms with Crippen molar-refractivity contribution in [2.75, 3.05) is 13.1 Å². The van der Waals surface area contributed by atoms with Crippen molar-refractivity contribution in [1.29, 1.82) is 5.26 Å². The minimum Gasteiger partial charge on any atom is -0.376 e. The summed E-state index contributed by atoms with van der Waals surface area (Å²) in [6.07, 6.45) is 5.65. The largest absolute Gasteiger partial charge is 0.376 e. The summed E-state index contributed by atoms with van der Waals surface area (Å²) in [4.78, 5) is 2.21. The molecule has 0 unspecified atom stereocenters. The Hall–Kier alpha value is -1.46. The molecule has 1 heterocycles. The summed E-state index contributed by atoms with van der Waals surface area (Å²) >= 11 is 6.10. The number of halogens is 1. The smallest absolute Gasteiger partial charge is 0.101 e. The number of piperidine rings is 1. The number of nitrogens with zero attached hydrogens (tertiary/aromatic N) is 2. The van der Waals surface area contributed by atoms with Crippen molar-refractivity contribution in [2.45, 2.75) is 19.3 Å². The van der Waals surface area contributed by atoms with Crippen LogP contribution in [0, 0.1) is 11.3 Å². The number of likely N-dealkylation sites (tertiary alicyclic amines) is 1. The zero-order valence-electron chi connectivity index (χ0n) is 9.69. The zero-order valence-corrected chi connectivity index (χ0v) is 10.5. The van der Waals surface area contributed by atoms with E-state index in [1.807, 2.05) is 30.5 Å². The second-order valence-corrected chi connectivity index (χ2v) is 4.64. The fourth-order valence-corrected chi connectivity index (χ4v) is 2.31. The van der Waals surface area contributed by atoms with Crippen LogP contribution in [0.3, 0.4) is 0 Å². The molecule has 0 aliphatic carbocycles. The van der Waals surface area contributed by atoms with Gasteiger partial charge in [-0.1, -0.05) is 29.8 Å². The molecule has 0 bridgehead atoms. The van der Waals surface area contributed by atoms with Crippen molar-refractivity contribution in [2.24, 2.45) is 0 Å². The van der Waals surface area contributed by atoms with Gasteiger partial charge < -0.3 is 4.90 Å². The molecule has 0 saturated carbocycles. The van der Waals surface area contributed by atoms with E-state index in [1.54, 1.807) is 0 Å². The first-order valence-electron chi connectivity index (χ1n) is 5.92. The fraction of sp³-hybridized carbons (Fsp3) is 0.357. The van der Waals surface area contributed by atoms with E-state index in [2.05, 4.69) is 11.0 Å². The number of allylic oxidation sites excluding steroid dienone is 1. The van der Waals surface area contributed by atoms with Crippen molar-refractivity contribution >= 4 is 17.2 Å². The lowest BCUT2D eigenvalue weighted by atomic mass is 10.1. The van der Waals surface area contributed by atoms with Gasteiger partial charge in [-0.3, -0.25) is 0 Å². The summed E-state index contributed by atoms with van der Waals surface area (Å²) in [5.74, 6) is 0. The molecule has 1 saturated heterocycles. The van der Waals surface area contributed by atoms with Crippen molar-refractivity contribution in [3.05, 3.63) is 41.1 Å². The molecule has 0 radical (unpaired) electrons. The van der Waals surface area contributed by atoms with Crippen LogP contribution in [-0.4, -0.2) is 18.0 Å². The molecule has 0 spiro atoms. The topological polar surface area (TPSA) is 27.0 Å². The Morgan fingerprint density at radius 2 is 1.94 bits per heavy atom. The molecular formula is C14H15ClN2. The Bertz CT molecular complexity index is 454. The van der Waals surface area contributed by atoms with Gasteiger partial charge in [-0.15, -0.1) is 0 Å². The molecule has 3 heteroatoms. The molecule has 2 rings (SSSR count). The van der Waals surface area contributed by atoms with Gasteiger partial charge in [-0.2, -0.15) is 5.26 Å². The number of hydrogen-bond donors (Lipinski definition) is 0. The maximum Gasteiger partial charge on any atom is 0.101 e. The van der Waals surface area contributed by atoms with Gasteiger partial charge in [0, 0.05) is 29.9 Å². The third-order valence-corrected chi connectivity index (χ3v) is 3.32. The second kappa shape index (κ2) is 5.75. The molecule has 88 valence electrons. The predicted octanol–water partition coefficient (Wildman–Crippen LogP) is 3.69. The minimum absolute atomic E-state index is 0.636. The van der Waals surface area contributed by atoms with Crippen LogP contribution in [0.2, 0.25) is 5.02 Å². The van der Waals surface area contributed by atoms with Gasteiger partial charge in [0.2, 0.25) is 0 Å². The summed E-state index contributed by atoms with van der Waals surface area (Å²) in [5.41, 5.74) is 1.47. The van der Waals surface area contributed by atoms with E-state index in [9.17, 15) is 5.26 Å². The van der Waals surface area contributed by atoms with Crippen LogP contribution in [0.5, 0.6) is 0 Å². The van der Waals surface area contributed by atoms with Gasteiger partial charge >= 0.3 is 0 Å². The lowest BCUT2D eigenvalue weighted by Gasteiger charge is -2.25. The highest BCUT2D eigenvalue weighted by Crippen LogP contribution is 2.24. The van der Waals surface area contributed by atoms with Crippen LogP contribution in [-0.2, 0) is 0 Å². The van der Waals surface area contributed by atoms with Crippen molar-refractivity contribution in [1.82, 2.24) is 4.90 Å². The number of rotatable bonds is 2. The summed E-state index contributed by atoms with van der Waals surface area (Å²) in [5, 5.41) is 9.87. The Balaban J connectivity index is 2.24. The number of nitriles is 1. The monoisotopic (exact) mass is 246 g/mol. The average Bonchev–Trinajstić information content (AvgIpc) is 2.38. The first kappa shape index (κ1) is 12.0. The highest BCUT2D eigenvalue weighted by atomic mass is 35.5. The Labute approximate surface area is 107 Å². The normalized spacial score (nSPS) is 16.7. The van der Waals surface area contributed by atoms with E-state index >= 15 is 0 Å². The molecule has 0 amide bonds. The lowest BCUT2D eigenvalue weighted by Crippen LogP contribution is -2.24. The summed E-state index contributed by atoms with van der Waals surface area (Å²) < 4.78 is 0. The maximum atomic E-state index is 9.23. The first-order chi connectivity index (χ1) is 8.31. The standard InChI is InChI=1S/C14H15ClN2/c15-14-7-3-2-6-13(14)12(10-16)11-17-8-4-1-5-9-17/h2-3,6-7,11H,1,4-5,8-9H2. The number of benzene rings is 1. The Morgan fingerprint density at radius 3 is 2.59 bits per heavy atom. The Morgan fingerprint density at radius 1 is 1.24 bits per heavy atom. The van der Waals surface area contributed by atoms with E-state index in [0.29, 0.717) is 10.6 Å². The molecular weight excluding hydrogens is 232 g/mol. The summed E-state index contributed by atoms with van der Waals surface area (Å²) in [7, 11) is 0. The maximum absolute atomic E-state index is 9.23. The van der Waals surface area contributed by atoms with Gasteiger partial charge in [0.15, 0.2) is 0 Å². The summed E-state index contributed by atoms with van der Waals surface area (Å²) in [6, 6.07) is 9.73. The van der Waals surface area contributed by atoms with E-state index in [1.165, 1.54) is 19.3 Å². The lowest BCUT2D eigenvalue weighted by molar-refractivity contribution is 0.310. The van der Waals surface area contributed by atoms with Crippen molar-refractivity contribution < 1.29 is 0 Å². The quantitative estimate of drug-likeness (QED) is 0.745. The van der Waals surface area contributed by atoms with Gasteiger partial charge in [0.1, 0.15) is 6.07 Å². The van der Waals surface area contributed by atoms with Crippen molar-refractivity contribution in [3.8, 4) is 6.07 Å². The van der Waals surface area contributed by atoms with E-state index in [0.717, 1.165) is 18.7 Å². The minimum atomic E-state index is 0.636. The molecule has 1 aromatic rings. The highest BCUT2D eigenvalue weighted by molar-refractivity contribution is 6.32. The van der Waals surface area contributed by atoms with Gasteiger partial charge in [0.05, 0.1) is 5.57 Å². The summed E-state index contributed by atoms with van der Waals surface area (Å²) in [6.45, 7) is 2.07. The molecule has 1 fully saturated rings. The Kier molecular flexibility index (Phi) is 4.06. The molecule has 1 aromatic carbocycles. The molecule has 1 aliphatic rings. The third-order valence-electron chi connectivity index (χ3n) is 2.99. The zero-order chi connectivity index (χ0) is 12.1. The van der Waals surface area contributed by atoms with Gasteiger partial charge in [-0.05, 0) is 25.3 Å². The predicted molar refractivity (Wildman–Crippen MR) is 70.5 cm³/mol. The van der Waals surface area contributed by atoms with E-state index < -0.39 is 0 Å². The van der Waals surface area contributed by atoms with E-state index in [-0.39, 0.29) is 0 Å². The molecule has 17 heavy (non-hydrogen) atoms. The molecule has 1 aliphatic heterocycles. The fourth-order valence-electron chi connectivity index (χ4n) is 2.07. The highest BCUT2D eigenvalue weighted by Gasteiger charge is 2.10. The molecule has 0 aromatic heterocycles. The molecule has 2 nitrogen and oxygen atoms in total. The van der Waals surface area contributed by atoms with Crippen LogP contribution in [0.25, 0.3) is 5.57 Å². The second-order valence-electron chi connectivity index (χ2n) is 4.23. The SMILES string of the molecule is N#CC(=CN1CCCCC1)c1ccccc1Cl. The van der Waals surface area contributed by atoms with Crippen LogP contribution in [0.1, 0.15) is 24.8 Å². The van der Waals surface area contributed by atoms with Gasteiger partial charge in [-0.25, -0.2) is 0 Å². The third kappa shape index (κ3) is 3.01. The van der Waals surface area contributed by atoms with Crippen molar-refractivity contribution in [3.63, 3.8) is 0 Å². The average molecular weight is 247 g/mol. The van der Waals surface area contributed by atoms with Crippen LogP contribution in [0.4, 0.5) is 0 Å². The molecule has 0 atom stereocenters. The van der Waals surface area contributed by atoms with Crippen LogP contribution in [0.15, 0.2) is 30.5 Å². The molecule has 0 N–H and O–H groups in total. The van der Waals surface area contributed by atoms with Crippen LogP contribution < -0.4 is 0 Å². The first-order valence-corrected chi connectivity index (χ1v) is 6.30.